The van der Waals surface area contributed by atoms with Crippen LogP contribution in [0, 0.1) is 0 Å². The Morgan fingerprint density at radius 3 is 1.84 bits per heavy atom. The van der Waals surface area contributed by atoms with E-state index in [2.05, 4.69) is 4.74 Å². The number of hydrogen-bond acceptors (Lipinski definition) is 8. The first-order chi connectivity index (χ1) is 8.82. The first-order valence-corrected chi connectivity index (χ1v) is 4.89. The van der Waals surface area contributed by atoms with E-state index in [1.54, 1.807) is 0 Å². The highest BCUT2D eigenvalue weighted by molar-refractivity contribution is 6.52. The fourth-order valence-electron chi connectivity index (χ4n) is 1.78. The third kappa shape index (κ3) is 1.39. The fraction of sp³-hybridized carbons (Fsp3) is 0.0909. The topological polar surface area (TPSA) is 145 Å². The van der Waals surface area contributed by atoms with Gasteiger partial charge in [-0.25, -0.2) is 0 Å². The molecule has 0 fully saturated rings. The molecule has 1 aliphatic rings. The second kappa shape index (κ2) is 3.80. The molecule has 0 atom stereocenters. The molecule has 8 heteroatoms. The van der Waals surface area contributed by atoms with Gasteiger partial charge in [0.25, 0.3) is 5.78 Å². The summed E-state index contributed by atoms with van der Waals surface area (Å²) in [4.78, 5) is 22.9. The molecule has 5 N–H and O–H groups in total. The van der Waals surface area contributed by atoms with Gasteiger partial charge in [0.2, 0.25) is 23.0 Å². The third-order valence-electron chi connectivity index (χ3n) is 2.69. The minimum Gasteiger partial charge on any atom is -0.504 e. The van der Waals surface area contributed by atoms with E-state index in [1.807, 2.05) is 0 Å². The average Bonchev–Trinajstić information content (AvgIpc) is 2.38. The van der Waals surface area contributed by atoms with Crippen molar-refractivity contribution < 1.29 is 39.9 Å². The highest BCUT2D eigenvalue weighted by Crippen LogP contribution is 2.51. The lowest BCUT2D eigenvalue weighted by Gasteiger charge is -2.19. The van der Waals surface area contributed by atoms with Crippen LogP contribution in [0.3, 0.4) is 0 Å². The van der Waals surface area contributed by atoms with E-state index in [9.17, 15) is 35.1 Å². The van der Waals surface area contributed by atoms with Crippen molar-refractivity contribution in [2.75, 3.05) is 7.11 Å². The summed E-state index contributed by atoms with van der Waals surface area (Å²) in [7, 11) is 1.05. The zero-order valence-corrected chi connectivity index (χ0v) is 9.46. The molecule has 0 spiro atoms. The Bertz CT molecular complexity index is 655. The zero-order chi connectivity index (χ0) is 14.5. The van der Waals surface area contributed by atoms with Crippen LogP contribution < -0.4 is 4.74 Å². The molecule has 2 rings (SSSR count). The normalized spacial score (nSPS) is 14.6. The monoisotopic (exact) mass is 268 g/mol. The van der Waals surface area contributed by atoms with E-state index in [-0.39, 0.29) is 0 Å². The Morgan fingerprint density at radius 2 is 1.32 bits per heavy atom. The first-order valence-electron chi connectivity index (χ1n) is 4.89. The lowest BCUT2D eigenvalue weighted by molar-refractivity contribution is -0.114. The Labute approximate surface area is 105 Å². The molecule has 0 saturated carbocycles. The van der Waals surface area contributed by atoms with Gasteiger partial charge in [0.05, 0.1) is 18.2 Å². The number of ether oxygens (including phenoxy) is 1. The number of aliphatic hydroxyl groups excluding tert-OH is 2. The summed E-state index contributed by atoms with van der Waals surface area (Å²) in [5.74, 6) is -8.71. The van der Waals surface area contributed by atoms with Gasteiger partial charge in [-0.15, -0.1) is 0 Å². The summed E-state index contributed by atoms with van der Waals surface area (Å²) in [6.45, 7) is 0. The Morgan fingerprint density at radius 1 is 0.737 bits per heavy atom. The van der Waals surface area contributed by atoms with Crippen LogP contribution in [0.1, 0.15) is 15.9 Å². The number of rotatable bonds is 1. The van der Waals surface area contributed by atoms with Crippen LogP contribution in [0.4, 0.5) is 0 Å². The number of ketones is 2. The van der Waals surface area contributed by atoms with E-state index in [0.29, 0.717) is 0 Å². The Hall–Kier alpha value is -2.90. The summed E-state index contributed by atoms with van der Waals surface area (Å²) in [6.07, 6.45) is 0. The number of benzene rings is 1. The maximum Gasteiger partial charge on any atom is 0.271 e. The molecule has 0 amide bonds. The van der Waals surface area contributed by atoms with Gasteiger partial charge in [0.1, 0.15) is 0 Å². The van der Waals surface area contributed by atoms with Crippen LogP contribution in [-0.2, 0) is 4.79 Å². The second-order valence-corrected chi connectivity index (χ2v) is 3.68. The summed E-state index contributed by atoms with van der Waals surface area (Å²) in [5.41, 5.74) is -1.50. The maximum atomic E-state index is 11.6. The Balaban J connectivity index is 2.99. The van der Waals surface area contributed by atoms with Crippen LogP contribution in [0.5, 0.6) is 23.0 Å². The third-order valence-corrected chi connectivity index (χ3v) is 2.69. The molecule has 1 aromatic rings. The van der Waals surface area contributed by atoms with E-state index in [4.69, 9.17) is 0 Å². The van der Waals surface area contributed by atoms with Crippen LogP contribution >= 0.6 is 0 Å². The molecule has 0 radical (unpaired) electrons. The number of phenolic OH excluding ortho intramolecular Hbond substituents is 3. The van der Waals surface area contributed by atoms with Crippen LogP contribution in [0.15, 0.2) is 5.76 Å². The van der Waals surface area contributed by atoms with Crippen LogP contribution in [0.2, 0.25) is 0 Å². The van der Waals surface area contributed by atoms with Gasteiger partial charge in [-0.05, 0) is 0 Å². The van der Waals surface area contributed by atoms with E-state index < -0.39 is 57.2 Å². The van der Waals surface area contributed by atoms with Crippen molar-refractivity contribution in [3.63, 3.8) is 0 Å². The number of allylic oxidation sites excluding steroid dienone is 1. The van der Waals surface area contributed by atoms with Crippen LogP contribution in [0.25, 0.3) is 5.76 Å². The summed E-state index contributed by atoms with van der Waals surface area (Å²) in [5, 5.41) is 47.8. The van der Waals surface area contributed by atoms with Crippen molar-refractivity contribution in [2.24, 2.45) is 0 Å². The largest absolute Gasteiger partial charge is 0.504 e. The smallest absolute Gasteiger partial charge is 0.271 e. The number of aromatic hydroxyl groups is 3. The average molecular weight is 268 g/mol. The highest BCUT2D eigenvalue weighted by Gasteiger charge is 2.40. The van der Waals surface area contributed by atoms with Gasteiger partial charge in [-0.1, -0.05) is 0 Å². The first kappa shape index (κ1) is 12.6. The van der Waals surface area contributed by atoms with Crippen molar-refractivity contribution in [1.82, 2.24) is 0 Å². The number of hydrogen-bond donors (Lipinski definition) is 5. The molecule has 0 heterocycles. The molecule has 0 aromatic heterocycles. The predicted octanol–water partition coefficient (Wildman–Crippen LogP) is 0.362. The van der Waals surface area contributed by atoms with Gasteiger partial charge < -0.3 is 30.3 Å². The van der Waals surface area contributed by atoms with E-state index in [0.717, 1.165) is 7.11 Å². The summed E-state index contributed by atoms with van der Waals surface area (Å²) in [6, 6.07) is 0. The summed E-state index contributed by atoms with van der Waals surface area (Å²) >= 11 is 0. The van der Waals surface area contributed by atoms with Crippen molar-refractivity contribution in [3.8, 4) is 23.0 Å². The SMILES string of the molecule is COc1c(O)c(O)c2c(c1O)C(O)=C(O)C(=O)C2=O. The van der Waals surface area contributed by atoms with Gasteiger partial charge in [0, 0.05) is 0 Å². The van der Waals surface area contributed by atoms with Crippen LogP contribution in [-0.4, -0.2) is 44.2 Å². The van der Waals surface area contributed by atoms with Gasteiger partial charge in [-0.3, -0.25) is 9.59 Å². The Kier molecular flexibility index (Phi) is 2.51. The van der Waals surface area contributed by atoms with Gasteiger partial charge >= 0.3 is 0 Å². The molecule has 1 aliphatic carbocycles. The molecular weight excluding hydrogens is 260 g/mol. The molecule has 0 aliphatic heterocycles. The quantitative estimate of drug-likeness (QED) is 0.279. The fourth-order valence-corrected chi connectivity index (χ4v) is 1.78. The number of Topliss-reactive ketones (excluding diaryl/α,β-unsaturated/α-hetero) is 2. The number of phenols is 3. The summed E-state index contributed by atoms with van der Waals surface area (Å²) < 4.78 is 4.60. The molecule has 19 heavy (non-hydrogen) atoms. The number of carbonyl (C=O) groups excluding carboxylic acids is 2. The molecule has 8 nitrogen and oxygen atoms in total. The zero-order valence-electron chi connectivity index (χ0n) is 9.46. The highest BCUT2D eigenvalue weighted by atomic mass is 16.5. The van der Waals surface area contributed by atoms with Crippen molar-refractivity contribution in [2.45, 2.75) is 0 Å². The molecule has 1 aromatic carbocycles. The number of carbonyl (C=O) groups is 2. The number of methoxy groups -OCH3 is 1. The maximum absolute atomic E-state index is 11.6. The van der Waals surface area contributed by atoms with E-state index >= 15 is 0 Å². The number of aliphatic hydroxyl groups is 2. The second-order valence-electron chi connectivity index (χ2n) is 3.68. The molecule has 0 bridgehead atoms. The van der Waals surface area contributed by atoms with Crippen molar-refractivity contribution >= 4 is 17.3 Å². The number of fused-ring (bicyclic) bond motifs is 1. The standard InChI is InChI=1S/C11H8O8/c1-19-11-7(15)3-2(6(14)10(11)18)4(12)8(16)9(17)5(3)13/h13-15,17-18H,1H3. The van der Waals surface area contributed by atoms with Crippen molar-refractivity contribution in [1.29, 1.82) is 0 Å². The minimum atomic E-state index is -1.47. The lowest BCUT2D eigenvalue weighted by atomic mass is 9.90. The van der Waals surface area contributed by atoms with Gasteiger partial charge in [-0.2, -0.15) is 0 Å². The molecule has 0 unspecified atom stereocenters. The lowest BCUT2D eigenvalue weighted by Crippen LogP contribution is -2.24. The predicted molar refractivity (Wildman–Crippen MR) is 59.5 cm³/mol. The molecule has 100 valence electrons. The van der Waals surface area contributed by atoms with E-state index in [1.165, 1.54) is 0 Å². The molecule has 0 saturated heterocycles. The molecular formula is C11H8O8. The minimum absolute atomic E-state index is 0.613. The van der Waals surface area contributed by atoms with Crippen molar-refractivity contribution in [3.05, 3.63) is 16.9 Å². The van der Waals surface area contributed by atoms with Gasteiger partial charge in [0.15, 0.2) is 17.3 Å².